The van der Waals surface area contributed by atoms with Gasteiger partial charge in [0.1, 0.15) is 5.02 Å². The van der Waals surface area contributed by atoms with Crippen LogP contribution in [0.4, 0.5) is 30.2 Å². The van der Waals surface area contributed by atoms with Crippen LogP contribution in [0.3, 0.4) is 0 Å². The van der Waals surface area contributed by atoms with E-state index in [-0.39, 0.29) is 16.4 Å². The number of sulfonamides is 1. The predicted octanol–water partition coefficient (Wildman–Crippen LogP) is 3.90. The maximum atomic E-state index is 13.2. The summed E-state index contributed by atoms with van der Waals surface area (Å²) >= 11 is 5.70. The lowest BCUT2D eigenvalue weighted by Gasteiger charge is -2.31. The van der Waals surface area contributed by atoms with E-state index in [1.807, 2.05) is 0 Å². The molecule has 162 valence electrons. The van der Waals surface area contributed by atoms with E-state index in [0.717, 1.165) is 24.3 Å². The highest BCUT2D eigenvalue weighted by molar-refractivity contribution is 7.92. The fourth-order valence-corrected chi connectivity index (χ4v) is 4.15. The SMILES string of the molecule is O=[N+]([O-])c1cc(S(=O)(=O)Nc2cc(C(F)(F)F)ccc2N2CCOCC2)ccc1Cl. The van der Waals surface area contributed by atoms with Crippen LogP contribution in [0.5, 0.6) is 0 Å². The Bertz CT molecular complexity index is 1070. The van der Waals surface area contributed by atoms with Gasteiger partial charge in [-0.05, 0) is 30.3 Å². The molecule has 2 aromatic rings. The number of nitrogens with zero attached hydrogens (tertiary/aromatic N) is 2. The topological polar surface area (TPSA) is 102 Å². The maximum absolute atomic E-state index is 13.2. The van der Waals surface area contributed by atoms with E-state index in [1.165, 1.54) is 6.07 Å². The van der Waals surface area contributed by atoms with Crippen molar-refractivity contribution in [3.05, 3.63) is 57.1 Å². The zero-order valence-corrected chi connectivity index (χ0v) is 16.7. The first-order valence-corrected chi connectivity index (χ1v) is 10.4. The monoisotopic (exact) mass is 465 g/mol. The molecular formula is C17H15ClF3N3O5S. The highest BCUT2D eigenvalue weighted by atomic mass is 35.5. The molecule has 0 aliphatic carbocycles. The summed E-state index contributed by atoms with van der Waals surface area (Å²) in [6.07, 6.45) is -4.69. The van der Waals surface area contributed by atoms with Crippen LogP contribution in [-0.4, -0.2) is 39.6 Å². The van der Waals surface area contributed by atoms with Crippen molar-refractivity contribution < 1.29 is 31.2 Å². The van der Waals surface area contributed by atoms with Gasteiger partial charge in [-0.1, -0.05) is 11.6 Å². The molecule has 0 unspecified atom stereocenters. The van der Waals surface area contributed by atoms with Crippen molar-refractivity contribution >= 4 is 38.7 Å². The molecule has 2 aromatic carbocycles. The normalized spacial score (nSPS) is 15.1. The Morgan fingerprint density at radius 2 is 1.80 bits per heavy atom. The lowest BCUT2D eigenvalue weighted by Crippen LogP contribution is -2.36. The quantitative estimate of drug-likeness (QED) is 0.530. The number of nitro benzene ring substituents is 1. The molecular weight excluding hydrogens is 451 g/mol. The van der Waals surface area contributed by atoms with Crippen molar-refractivity contribution in [2.24, 2.45) is 0 Å². The van der Waals surface area contributed by atoms with Gasteiger partial charge in [-0.25, -0.2) is 8.42 Å². The highest BCUT2D eigenvalue weighted by Gasteiger charge is 2.32. The molecule has 0 saturated carbocycles. The van der Waals surface area contributed by atoms with E-state index in [9.17, 15) is 31.7 Å². The Kier molecular flexibility index (Phi) is 6.11. The number of ether oxygens (including phenoxy) is 1. The van der Waals surface area contributed by atoms with Crippen LogP contribution in [0, 0.1) is 10.1 Å². The maximum Gasteiger partial charge on any atom is 0.416 e. The van der Waals surface area contributed by atoms with Crippen molar-refractivity contribution in [2.75, 3.05) is 35.9 Å². The van der Waals surface area contributed by atoms with Crippen molar-refractivity contribution in [2.45, 2.75) is 11.1 Å². The molecule has 3 rings (SSSR count). The summed E-state index contributed by atoms with van der Waals surface area (Å²) in [4.78, 5) is 11.4. The predicted molar refractivity (Wildman–Crippen MR) is 103 cm³/mol. The number of alkyl halides is 3. The van der Waals surface area contributed by atoms with E-state index in [0.29, 0.717) is 32.4 Å². The summed E-state index contributed by atoms with van der Waals surface area (Å²) in [5, 5.41) is 10.8. The first kappa shape index (κ1) is 22.1. The average Bonchev–Trinajstić information content (AvgIpc) is 2.67. The van der Waals surface area contributed by atoms with E-state index >= 15 is 0 Å². The van der Waals surface area contributed by atoms with Crippen LogP contribution >= 0.6 is 11.6 Å². The molecule has 1 heterocycles. The van der Waals surface area contributed by atoms with Crippen LogP contribution < -0.4 is 9.62 Å². The molecule has 0 atom stereocenters. The summed E-state index contributed by atoms with van der Waals surface area (Å²) in [6.45, 7) is 1.37. The molecule has 0 radical (unpaired) electrons. The van der Waals surface area contributed by atoms with Crippen molar-refractivity contribution in [1.82, 2.24) is 0 Å². The van der Waals surface area contributed by atoms with Gasteiger partial charge in [-0.15, -0.1) is 0 Å². The molecule has 1 fully saturated rings. The van der Waals surface area contributed by atoms with Gasteiger partial charge in [0.15, 0.2) is 0 Å². The highest BCUT2D eigenvalue weighted by Crippen LogP contribution is 2.37. The minimum atomic E-state index is -4.69. The number of rotatable bonds is 5. The smallest absolute Gasteiger partial charge is 0.378 e. The van der Waals surface area contributed by atoms with Gasteiger partial charge < -0.3 is 9.64 Å². The van der Waals surface area contributed by atoms with E-state index in [2.05, 4.69) is 4.72 Å². The van der Waals surface area contributed by atoms with Gasteiger partial charge in [0.2, 0.25) is 0 Å². The summed E-state index contributed by atoms with van der Waals surface area (Å²) in [5.74, 6) is 0. The van der Waals surface area contributed by atoms with E-state index in [4.69, 9.17) is 16.3 Å². The molecule has 13 heteroatoms. The van der Waals surface area contributed by atoms with Crippen molar-refractivity contribution in [1.29, 1.82) is 0 Å². The van der Waals surface area contributed by atoms with Crippen LogP contribution in [-0.2, 0) is 20.9 Å². The first-order chi connectivity index (χ1) is 14.0. The number of benzene rings is 2. The minimum Gasteiger partial charge on any atom is -0.378 e. The second-order valence-electron chi connectivity index (χ2n) is 6.30. The van der Waals surface area contributed by atoms with Gasteiger partial charge in [-0.2, -0.15) is 13.2 Å². The number of hydrogen-bond acceptors (Lipinski definition) is 6. The summed E-state index contributed by atoms with van der Waals surface area (Å²) < 4.78 is 72.5. The van der Waals surface area contributed by atoms with Crippen molar-refractivity contribution in [3.8, 4) is 0 Å². The van der Waals surface area contributed by atoms with Crippen LogP contribution in [0.2, 0.25) is 5.02 Å². The molecule has 8 nitrogen and oxygen atoms in total. The van der Waals surface area contributed by atoms with Gasteiger partial charge in [0.05, 0.1) is 40.0 Å². The zero-order valence-electron chi connectivity index (χ0n) is 15.1. The third-order valence-corrected chi connectivity index (χ3v) is 6.03. The molecule has 1 N–H and O–H groups in total. The summed E-state index contributed by atoms with van der Waals surface area (Å²) in [7, 11) is -4.45. The van der Waals surface area contributed by atoms with Gasteiger partial charge in [0, 0.05) is 19.2 Å². The van der Waals surface area contributed by atoms with Crippen molar-refractivity contribution in [3.63, 3.8) is 0 Å². The number of hydrogen-bond donors (Lipinski definition) is 1. The minimum absolute atomic E-state index is 0.235. The lowest BCUT2D eigenvalue weighted by molar-refractivity contribution is -0.384. The molecule has 0 spiro atoms. The average molecular weight is 466 g/mol. The number of nitro groups is 1. The fourth-order valence-electron chi connectivity index (χ4n) is 2.88. The molecule has 1 aliphatic heterocycles. The largest absolute Gasteiger partial charge is 0.416 e. The third-order valence-electron chi connectivity index (χ3n) is 4.34. The van der Waals surface area contributed by atoms with Gasteiger partial charge in [0.25, 0.3) is 15.7 Å². The number of nitrogens with one attached hydrogen (secondary N) is 1. The summed E-state index contributed by atoms with van der Waals surface area (Å²) in [6, 6.07) is 5.52. The van der Waals surface area contributed by atoms with Gasteiger partial charge >= 0.3 is 6.18 Å². The second-order valence-corrected chi connectivity index (χ2v) is 8.39. The fraction of sp³-hybridized carbons (Fsp3) is 0.294. The van der Waals surface area contributed by atoms with Crippen LogP contribution in [0.25, 0.3) is 0 Å². The first-order valence-electron chi connectivity index (χ1n) is 8.50. The molecule has 1 saturated heterocycles. The van der Waals surface area contributed by atoms with Crippen LogP contribution in [0.1, 0.15) is 5.56 Å². The standard InChI is InChI=1S/C17H15ClF3N3O5S/c18-13-3-2-12(10-16(13)24(25)26)30(27,28)22-14-9-11(17(19,20)21)1-4-15(14)23-5-7-29-8-6-23/h1-4,9-10,22H,5-8H2. The number of morpholine rings is 1. The molecule has 0 aromatic heterocycles. The number of anilines is 2. The Hall–Kier alpha value is -2.57. The Balaban J connectivity index is 2.05. The summed E-state index contributed by atoms with van der Waals surface area (Å²) in [5.41, 5.74) is -1.75. The Labute approximate surface area is 174 Å². The van der Waals surface area contributed by atoms with E-state index in [1.54, 1.807) is 4.90 Å². The third kappa shape index (κ3) is 4.77. The molecule has 0 bridgehead atoms. The van der Waals surface area contributed by atoms with E-state index < -0.39 is 37.3 Å². The molecule has 0 amide bonds. The molecule has 30 heavy (non-hydrogen) atoms. The van der Waals surface area contributed by atoms with Gasteiger partial charge in [-0.3, -0.25) is 14.8 Å². The number of halogens is 4. The second kappa shape index (κ2) is 8.28. The van der Waals surface area contributed by atoms with Crippen LogP contribution in [0.15, 0.2) is 41.3 Å². The molecule has 1 aliphatic rings. The lowest BCUT2D eigenvalue weighted by atomic mass is 10.1. The Morgan fingerprint density at radius 1 is 1.13 bits per heavy atom. The Morgan fingerprint density at radius 3 is 2.40 bits per heavy atom. The zero-order chi connectivity index (χ0) is 22.1.